The summed E-state index contributed by atoms with van der Waals surface area (Å²) in [4.78, 5) is 26.4. The molecule has 2 atom stereocenters. The summed E-state index contributed by atoms with van der Waals surface area (Å²) in [6.45, 7) is -0.754. The number of nitrogens with zero attached hydrogens (tertiary/aromatic N) is 5. The van der Waals surface area contributed by atoms with Gasteiger partial charge in [-0.2, -0.15) is 15.0 Å². The van der Waals surface area contributed by atoms with Crippen molar-refractivity contribution in [2.75, 3.05) is 24.7 Å². The second kappa shape index (κ2) is 8.61. The maximum Gasteiger partial charge on any atom is 0.273 e. The lowest BCUT2D eigenvalue weighted by Gasteiger charge is -2.16. The molecule has 1 aliphatic carbocycles. The van der Waals surface area contributed by atoms with Gasteiger partial charge in [-0.15, -0.1) is 10.2 Å². The molecule has 1 saturated carbocycles. The molecule has 1 aromatic carbocycles. The Morgan fingerprint density at radius 2 is 2.09 bits per heavy atom. The minimum atomic E-state index is -2.73. The highest BCUT2D eigenvalue weighted by Crippen LogP contribution is 2.39. The Labute approximate surface area is 188 Å². The largest absolute Gasteiger partial charge is 0.494 e. The Morgan fingerprint density at radius 1 is 1.28 bits per heavy atom. The Balaban J connectivity index is 1.71. The highest BCUT2D eigenvalue weighted by atomic mass is 16.5. The van der Waals surface area contributed by atoms with Crippen molar-refractivity contribution < 1.29 is 18.4 Å². The van der Waals surface area contributed by atoms with Gasteiger partial charge in [-0.25, -0.2) is 0 Å². The monoisotopic (exact) mass is 439 g/mol. The lowest BCUT2D eigenvalue weighted by Crippen LogP contribution is -2.22. The van der Waals surface area contributed by atoms with Crippen molar-refractivity contribution in [2.45, 2.75) is 13.3 Å². The highest BCUT2D eigenvalue weighted by molar-refractivity contribution is 6.00. The smallest absolute Gasteiger partial charge is 0.273 e. The Kier molecular flexibility index (Phi) is 4.75. The standard InChI is InChI=1S/C21H24N8O3/c1-11-8-13(11)20(30)25-17-9-15(18(27-26-17)21(31)22-2)24-14-7-5-6-12(19(14)32-4)16-10-23-29(3)28-16/h5-7,9-11,13H,8H2,1-4H3,(H,22,31)(H2,24,25,26,30)/t11-,13+/m1/s1/i2D3. The van der Waals surface area contributed by atoms with E-state index in [-0.39, 0.29) is 34.9 Å². The average Bonchev–Trinajstić information content (AvgIpc) is 3.36. The molecule has 166 valence electrons. The molecule has 2 aromatic heterocycles. The van der Waals surface area contributed by atoms with Crippen molar-refractivity contribution in [1.29, 1.82) is 0 Å². The van der Waals surface area contributed by atoms with Gasteiger partial charge in [0.15, 0.2) is 17.3 Å². The number of ether oxygens (including phenoxy) is 1. The van der Waals surface area contributed by atoms with Gasteiger partial charge in [0.25, 0.3) is 5.91 Å². The molecule has 0 saturated heterocycles. The fraction of sp³-hybridized carbons (Fsp3) is 0.333. The normalized spacial score (nSPS) is 18.7. The van der Waals surface area contributed by atoms with Crippen molar-refractivity contribution in [3.63, 3.8) is 0 Å². The van der Waals surface area contributed by atoms with E-state index in [9.17, 15) is 9.59 Å². The summed E-state index contributed by atoms with van der Waals surface area (Å²) in [5.41, 5.74) is 1.49. The zero-order chi connectivity index (χ0) is 25.3. The molecule has 0 spiro atoms. The fourth-order valence-corrected chi connectivity index (χ4v) is 3.35. The van der Waals surface area contributed by atoms with E-state index in [1.54, 1.807) is 31.4 Å². The van der Waals surface area contributed by atoms with Gasteiger partial charge < -0.3 is 20.7 Å². The molecule has 3 aromatic rings. The Bertz CT molecular complexity index is 1280. The van der Waals surface area contributed by atoms with Crippen LogP contribution in [-0.2, 0) is 11.8 Å². The van der Waals surface area contributed by atoms with Crippen LogP contribution in [0.1, 0.15) is 27.9 Å². The average molecular weight is 439 g/mol. The van der Waals surface area contributed by atoms with E-state index in [2.05, 4.69) is 31.0 Å². The summed E-state index contributed by atoms with van der Waals surface area (Å²) < 4.78 is 27.6. The molecule has 0 unspecified atom stereocenters. The molecule has 2 heterocycles. The SMILES string of the molecule is [2H]C([2H])([2H])NC(=O)c1nnc(NC(=O)[C@H]2C[C@H]2C)cc1Nc1cccc(-c2cnn(C)n2)c1OC. The van der Waals surface area contributed by atoms with Crippen molar-refractivity contribution in [2.24, 2.45) is 18.9 Å². The van der Waals surface area contributed by atoms with Gasteiger partial charge in [0, 0.05) is 35.7 Å². The van der Waals surface area contributed by atoms with E-state index in [0.29, 0.717) is 22.7 Å². The van der Waals surface area contributed by atoms with Gasteiger partial charge in [-0.3, -0.25) is 9.59 Å². The van der Waals surface area contributed by atoms with Crippen LogP contribution in [0.4, 0.5) is 17.2 Å². The Morgan fingerprint density at radius 3 is 2.75 bits per heavy atom. The third-order valence-corrected chi connectivity index (χ3v) is 5.18. The number of carbonyl (C=O) groups is 2. The summed E-state index contributed by atoms with van der Waals surface area (Å²) in [6, 6.07) is 6.67. The van der Waals surface area contributed by atoms with Crippen LogP contribution in [0, 0.1) is 11.8 Å². The zero-order valence-electron chi connectivity index (χ0n) is 20.7. The molecule has 2 amide bonds. The van der Waals surface area contributed by atoms with Crippen molar-refractivity contribution in [3.8, 4) is 17.0 Å². The second-order valence-electron chi connectivity index (χ2n) is 7.49. The first kappa shape index (κ1) is 17.6. The van der Waals surface area contributed by atoms with E-state index in [1.165, 1.54) is 18.0 Å². The molecular weight excluding hydrogens is 412 g/mol. The minimum absolute atomic E-state index is 0.101. The third-order valence-electron chi connectivity index (χ3n) is 5.18. The fourth-order valence-electron chi connectivity index (χ4n) is 3.35. The number of hydrogen-bond acceptors (Lipinski definition) is 8. The summed E-state index contributed by atoms with van der Waals surface area (Å²) in [7, 11) is 3.17. The van der Waals surface area contributed by atoms with Crippen LogP contribution in [0.15, 0.2) is 30.5 Å². The third kappa shape index (κ3) is 4.22. The predicted molar refractivity (Wildman–Crippen MR) is 118 cm³/mol. The number of hydrogen-bond donors (Lipinski definition) is 3. The first-order valence-corrected chi connectivity index (χ1v) is 9.87. The van der Waals surface area contributed by atoms with E-state index in [4.69, 9.17) is 8.85 Å². The van der Waals surface area contributed by atoms with Crippen LogP contribution in [0.25, 0.3) is 11.3 Å². The maximum absolute atomic E-state index is 12.7. The number of benzene rings is 1. The zero-order valence-corrected chi connectivity index (χ0v) is 17.7. The molecule has 32 heavy (non-hydrogen) atoms. The quantitative estimate of drug-likeness (QED) is 0.508. The van der Waals surface area contributed by atoms with Crippen LogP contribution in [0.5, 0.6) is 5.75 Å². The molecular formula is C21H24N8O3. The van der Waals surface area contributed by atoms with E-state index < -0.39 is 12.9 Å². The van der Waals surface area contributed by atoms with Gasteiger partial charge in [0.1, 0.15) is 5.69 Å². The number of aryl methyl sites for hydroxylation is 1. The Hall–Kier alpha value is -4.02. The van der Waals surface area contributed by atoms with E-state index in [0.717, 1.165) is 6.42 Å². The molecule has 11 heteroatoms. The molecule has 0 radical (unpaired) electrons. The first-order chi connectivity index (χ1) is 16.6. The number of nitrogens with one attached hydrogen (secondary N) is 3. The predicted octanol–water partition coefficient (Wildman–Crippen LogP) is 1.98. The minimum Gasteiger partial charge on any atom is -0.494 e. The van der Waals surface area contributed by atoms with Crippen LogP contribution in [0.2, 0.25) is 0 Å². The van der Waals surface area contributed by atoms with Crippen LogP contribution >= 0.6 is 0 Å². The van der Waals surface area contributed by atoms with Gasteiger partial charge in [-0.05, 0) is 24.5 Å². The molecule has 0 bridgehead atoms. The topological polar surface area (TPSA) is 136 Å². The number of aromatic nitrogens is 5. The lowest BCUT2D eigenvalue weighted by molar-refractivity contribution is -0.117. The van der Waals surface area contributed by atoms with E-state index >= 15 is 0 Å². The number of para-hydroxylation sites is 1. The van der Waals surface area contributed by atoms with Crippen molar-refractivity contribution in [1.82, 2.24) is 30.5 Å². The van der Waals surface area contributed by atoms with E-state index in [1.807, 2.05) is 12.2 Å². The lowest BCUT2D eigenvalue weighted by atomic mass is 10.1. The summed E-state index contributed by atoms with van der Waals surface area (Å²) in [6.07, 6.45) is 2.37. The van der Waals surface area contributed by atoms with Crippen molar-refractivity contribution >= 4 is 29.0 Å². The van der Waals surface area contributed by atoms with Gasteiger partial charge >= 0.3 is 0 Å². The molecule has 3 N–H and O–H groups in total. The van der Waals surface area contributed by atoms with Crippen LogP contribution in [0.3, 0.4) is 0 Å². The van der Waals surface area contributed by atoms with Gasteiger partial charge in [0.2, 0.25) is 5.91 Å². The number of rotatable bonds is 7. The van der Waals surface area contributed by atoms with Gasteiger partial charge in [-0.1, -0.05) is 13.0 Å². The van der Waals surface area contributed by atoms with Gasteiger partial charge in [0.05, 0.1) is 24.7 Å². The van der Waals surface area contributed by atoms with Crippen molar-refractivity contribution in [3.05, 3.63) is 36.2 Å². The van der Waals surface area contributed by atoms with Crippen LogP contribution < -0.4 is 20.7 Å². The number of carbonyl (C=O) groups excluding carboxylic acids is 2. The number of anilines is 3. The second-order valence-corrected chi connectivity index (χ2v) is 7.49. The number of methoxy groups -OCH3 is 1. The molecule has 1 aliphatic rings. The molecule has 0 aliphatic heterocycles. The highest BCUT2D eigenvalue weighted by Gasteiger charge is 2.39. The summed E-state index contributed by atoms with van der Waals surface area (Å²) in [5, 5.41) is 23.8. The van der Waals surface area contributed by atoms with Crippen LogP contribution in [-0.4, -0.2) is 51.1 Å². The summed E-state index contributed by atoms with van der Waals surface area (Å²) in [5.74, 6) is -0.443. The molecule has 1 fully saturated rings. The molecule has 11 nitrogen and oxygen atoms in total. The first-order valence-electron chi connectivity index (χ1n) is 11.4. The molecule has 4 rings (SSSR count). The number of amides is 2. The summed E-state index contributed by atoms with van der Waals surface area (Å²) >= 11 is 0. The maximum atomic E-state index is 12.7.